The fraction of sp³-hybridized carbons (Fsp3) is 0.300. The monoisotopic (exact) mass is 391 g/mol. The number of benzene rings is 2. The first kappa shape index (κ1) is 20.6. The van der Waals surface area contributed by atoms with Crippen molar-refractivity contribution in [1.29, 1.82) is 0 Å². The van der Waals surface area contributed by atoms with Crippen molar-refractivity contribution in [1.82, 2.24) is 0 Å². The second kappa shape index (κ2) is 9.28. The standard InChI is InChI=1S/C20H22ClNO5/c1-5-26-17-10-9-14(11-18(17)25-4)20(24)27-13(3)19(23)22-16-8-6-7-15(21)12(16)2/h6-11,13H,5H2,1-4H3,(H,22,23)/t13-/m0/s1. The molecule has 7 heteroatoms. The van der Waals surface area contributed by atoms with Crippen molar-refractivity contribution in [2.75, 3.05) is 19.0 Å². The summed E-state index contributed by atoms with van der Waals surface area (Å²) in [6.45, 7) is 5.61. The molecule has 2 aromatic carbocycles. The number of ether oxygens (including phenoxy) is 3. The summed E-state index contributed by atoms with van der Waals surface area (Å²) < 4.78 is 15.9. The minimum absolute atomic E-state index is 0.258. The Hall–Kier alpha value is -2.73. The van der Waals surface area contributed by atoms with E-state index < -0.39 is 18.0 Å². The van der Waals surface area contributed by atoms with Crippen molar-refractivity contribution in [2.45, 2.75) is 26.9 Å². The van der Waals surface area contributed by atoms with Crippen LogP contribution in [0.3, 0.4) is 0 Å². The summed E-state index contributed by atoms with van der Waals surface area (Å²) >= 11 is 6.05. The van der Waals surface area contributed by atoms with Crippen LogP contribution in [0.4, 0.5) is 5.69 Å². The maximum Gasteiger partial charge on any atom is 0.339 e. The molecule has 1 N–H and O–H groups in total. The molecule has 144 valence electrons. The van der Waals surface area contributed by atoms with Crippen LogP contribution in [0.25, 0.3) is 0 Å². The molecule has 0 spiro atoms. The van der Waals surface area contributed by atoms with Gasteiger partial charge in [-0.1, -0.05) is 17.7 Å². The summed E-state index contributed by atoms with van der Waals surface area (Å²) in [6, 6.07) is 9.88. The van der Waals surface area contributed by atoms with Gasteiger partial charge in [-0.25, -0.2) is 4.79 Å². The van der Waals surface area contributed by atoms with Gasteiger partial charge in [-0.15, -0.1) is 0 Å². The molecule has 2 rings (SSSR count). The van der Waals surface area contributed by atoms with Gasteiger partial charge in [-0.2, -0.15) is 0 Å². The van der Waals surface area contributed by atoms with E-state index in [1.54, 1.807) is 37.3 Å². The van der Waals surface area contributed by atoms with Crippen molar-refractivity contribution in [2.24, 2.45) is 0 Å². The smallest absolute Gasteiger partial charge is 0.339 e. The van der Waals surface area contributed by atoms with E-state index in [9.17, 15) is 9.59 Å². The molecule has 1 atom stereocenters. The van der Waals surface area contributed by atoms with E-state index in [4.69, 9.17) is 25.8 Å². The number of hydrogen-bond acceptors (Lipinski definition) is 5. The molecule has 0 unspecified atom stereocenters. The van der Waals surface area contributed by atoms with E-state index >= 15 is 0 Å². The number of amides is 1. The third-order valence-electron chi connectivity index (χ3n) is 3.88. The number of methoxy groups -OCH3 is 1. The van der Waals surface area contributed by atoms with Gasteiger partial charge in [0.15, 0.2) is 17.6 Å². The summed E-state index contributed by atoms with van der Waals surface area (Å²) in [5.41, 5.74) is 1.56. The van der Waals surface area contributed by atoms with Gasteiger partial charge < -0.3 is 19.5 Å². The second-order valence-electron chi connectivity index (χ2n) is 5.75. The number of esters is 1. The van der Waals surface area contributed by atoms with E-state index in [1.165, 1.54) is 20.1 Å². The maximum atomic E-state index is 12.4. The highest BCUT2D eigenvalue weighted by molar-refractivity contribution is 6.31. The van der Waals surface area contributed by atoms with Crippen LogP contribution in [0.2, 0.25) is 5.02 Å². The average molecular weight is 392 g/mol. The maximum absolute atomic E-state index is 12.4. The highest BCUT2D eigenvalue weighted by Gasteiger charge is 2.21. The Morgan fingerprint density at radius 3 is 2.59 bits per heavy atom. The molecule has 0 bridgehead atoms. The van der Waals surface area contributed by atoms with Gasteiger partial charge in [-0.05, 0) is 56.7 Å². The largest absolute Gasteiger partial charge is 0.493 e. The summed E-state index contributed by atoms with van der Waals surface area (Å²) in [4.78, 5) is 24.7. The Bertz CT molecular complexity index is 837. The minimum Gasteiger partial charge on any atom is -0.493 e. The molecule has 2 aromatic rings. The quantitative estimate of drug-likeness (QED) is 0.714. The first-order valence-corrected chi connectivity index (χ1v) is 8.83. The lowest BCUT2D eigenvalue weighted by atomic mass is 10.2. The predicted molar refractivity (Wildman–Crippen MR) is 104 cm³/mol. The molecule has 0 radical (unpaired) electrons. The molecule has 27 heavy (non-hydrogen) atoms. The van der Waals surface area contributed by atoms with Crippen LogP contribution < -0.4 is 14.8 Å². The lowest BCUT2D eigenvalue weighted by Gasteiger charge is -2.16. The minimum atomic E-state index is -0.992. The molecule has 0 aliphatic heterocycles. The molecule has 0 saturated carbocycles. The molecule has 0 aliphatic carbocycles. The second-order valence-corrected chi connectivity index (χ2v) is 6.16. The normalized spacial score (nSPS) is 11.4. The van der Waals surface area contributed by atoms with E-state index in [0.717, 1.165) is 5.56 Å². The van der Waals surface area contributed by atoms with Crippen LogP contribution in [-0.4, -0.2) is 31.7 Å². The zero-order valence-electron chi connectivity index (χ0n) is 15.7. The lowest BCUT2D eigenvalue weighted by molar-refractivity contribution is -0.123. The number of nitrogens with one attached hydrogen (secondary N) is 1. The van der Waals surface area contributed by atoms with Crippen LogP contribution in [0.15, 0.2) is 36.4 Å². The van der Waals surface area contributed by atoms with E-state index in [2.05, 4.69) is 5.32 Å². The lowest BCUT2D eigenvalue weighted by Crippen LogP contribution is -2.30. The zero-order valence-corrected chi connectivity index (χ0v) is 16.4. The molecule has 6 nitrogen and oxygen atoms in total. The van der Waals surface area contributed by atoms with Gasteiger partial charge in [0.25, 0.3) is 5.91 Å². The van der Waals surface area contributed by atoms with Crippen LogP contribution in [0.1, 0.15) is 29.8 Å². The number of halogens is 1. The van der Waals surface area contributed by atoms with Crippen molar-refractivity contribution < 1.29 is 23.8 Å². The number of hydrogen-bond donors (Lipinski definition) is 1. The number of carbonyl (C=O) groups is 2. The van der Waals surface area contributed by atoms with Crippen molar-refractivity contribution >= 4 is 29.2 Å². The molecular weight excluding hydrogens is 370 g/mol. The number of anilines is 1. The van der Waals surface area contributed by atoms with E-state index in [-0.39, 0.29) is 5.56 Å². The third-order valence-corrected chi connectivity index (χ3v) is 4.29. The van der Waals surface area contributed by atoms with Gasteiger partial charge in [-0.3, -0.25) is 4.79 Å². The van der Waals surface area contributed by atoms with Crippen molar-refractivity contribution in [3.63, 3.8) is 0 Å². The van der Waals surface area contributed by atoms with Gasteiger partial charge in [0, 0.05) is 10.7 Å². The zero-order chi connectivity index (χ0) is 20.0. The van der Waals surface area contributed by atoms with Gasteiger partial charge in [0.05, 0.1) is 19.3 Å². The molecule has 0 saturated heterocycles. The Morgan fingerprint density at radius 2 is 1.93 bits per heavy atom. The Kier molecular flexibility index (Phi) is 7.07. The Labute approximate surface area is 163 Å². The van der Waals surface area contributed by atoms with Crippen molar-refractivity contribution in [3.8, 4) is 11.5 Å². The predicted octanol–water partition coefficient (Wildman–Crippen LogP) is 4.24. The summed E-state index contributed by atoms with van der Waals surface area (Å²) in [6.07, 6.45) is -0.992. The number of carbonyl (C=O) groups excluding carboxylic acids is 2. The molecule has 1 amide bonds. The Morgan fingerprint density at radius 1 is 1.19 bits per heavy atom. The SMILES string of the molecule is CCOc1ccc(C(=O)O[C@@H](C)C(=O)Nc2cccc(Cl)c2C)cc1OC. The van der Waals surface area contributed by atoms with Gasteiger partial charge in [0.2, 0.25) is 0 Å². The van der Waals surface area contributed by atoms with Crippen LogP contribution in [0, 0.1) is 6.92 Å². The average Bonchev–Trinajstić information content (AvgIpc) is 2.65. The summed E-state index contributed by atoms with van der Waals surface area (Å²) in [7, 11) is 1.48. The van der Waals surface area contributed by atoms with Crippen molar-refractivity contribution in [3.05, 3.63) is 52.5 Å². The molecule has 0 heterocycles. The highest BCUT2D eigenvalue weighted by Crippen LogP contribution is 2.28. The van der Waals surface area contributed by atoms with E-state index in [0.29, 0.717) is 28.8 Å². The fourth-order valence-electron chi connectivity index (χ4n) is 2.33. The molecular formula is C20H22ClNO5. The molecule has 0 fully saturated rings. The van der Waals surface area contributed by atoms with E-state index in [1.807, 2.05) is 6.92 Å². The highest BCUT2D eigenvalue weighted by atomic mass is 35.5. The molecule has 0 aliphatic rings. The van der Waals surface area contributed by atoms with Crippen LogP contribution in [-0.2, 0) is 9.53 Å². The Balaban J connectivity index is 2.06. The first-order chi connectivity index (χ1) is 12.9. The fourth-order valence-corrected chi connectivity index (χ4v) is 2.50. The summed E-state index contributed by atoms with van der Waals surface area (Å²) in [5, 5.41) is 3.25. The van der Waals surface area contributed by atoms with Crippen LogP contribution in [0.5, 0.6) is 11.5 Å². The molecule has 0 aromatic heterocycles. The number of rotatable bonds is 7. The van der Waals surface area contributed by atoms with Gasteiger partial charge >= 0.3 is 5.97 Å². The third kappa shape index (κ3) is 5.14. The van der Waals surface area contributed by atoms with Gasteiger partial charge in [0.1, 0.15) is 0 Å². The summed E-state index contributed by atoms with van der Waals surface area (Å²) in [5.74, 6) is -0.148. The first-order valence-electron chi connectivity index (χ1n) is 8.45. The topological polar surface area (TPSA) is 73.9 Å². The van der Waals surface area contributed by atoms with Crippen LogP contribution >= 0.6 is 11.6 Å².